The number of rotatable bonds is 12. The molecule has 47 heavy (non-hydrogen) atoms. The van der Waals surface area contributed by atoms with Crippen LogP contribution in [0.25, 0.3) is 0 Å². The zero-order valence-corrected chi connectivity index (χ0v) is 26.7. The van der Waals surface area contributed by atoms with E-state index in [2.05, 4.69) is 16.0 Å². The van der Waals surface area contributed by atoms with E-state index >= 15 is 0 Å². The van der Waals surface area contributed by atoms with Crippen molar-refractivity contribution in [3.63, 3.8) is 0 Å². The van der Waals surface area contributed by atoms with Crippen LogP contribution in [0.3, 0.4) is 0 Å². The molecule has 0 unspecified atom stereocenters. The number of nitrogens with one attached hydrogen (secondary N) is 3. The zero-order valence-electron chi connectivity index (χ0n) is 26.7. The standard InChI is InChI=1S/C34H42N4O9/c1-3-34(2)33(45)36-26(20-22-14-16-24(17-15-22)47-21-28(39)40)31(43)38-18-9-13-27(38)30(42)35-25(29(41)37-34)12-7-8-19-46-32(44)23-10-5-4-6-11-23/h4-6,10-11,14-17,25-27H,3,7-9,12-13,18-21H2,1-2H3,(H,35,42)(H,36,45)(H,37,41)(H,39,40)/t25-,26-,27+,34-/m0/s1. The number of amides is 4. The molecule has 2 aromatic carbocycles. The van der Waals surface area contributed by atoms with E-state index in [0.29, 0.717) is 49.1 Å². The van der Waals surface area contributed by atoms with Gasteiger partial charge in [-0.1, -0.05) is 37.3 Å². The summed E-state index contributed by atoms with van der Waals surface area (Å²) in [6, 6.07) is 12.3. The van der Waals surface area contributed by atoms with Gasteiger partial charge in [-0.25, -0.2) is 9.59 Å². The first kappa shape index (κ1) is 34.9. The average Bonchev–Trinajstić information content (AvgIpc) is 3.56. The third-order valence-electron chi connectivity index (χ3n) is 8.54. The second kappa shape index (κ2) is 16.1. The van der Waals surface area contributed by atoms with Gasteiger partial charge in [0.1, 0.15) is 29.4 Å². The minimum absolute atomic E-state index is 0.0971. The van der Waals surface area contributed by atoms with Crippen LogP contribution < -0.4 is 20.7 Å². The van der Waals surface area contributed by atoms with Crippen LogP contribution >= 0.6 is 0 Å². The van der Waals surface area contributed by atoms with Crippen molar-refractivity contribution in [2.24, 2.45) is 0 Å². The van der Waals surface area contributed by atoms with Crippen molar-refractivity contribution >= 4 is 35.6 Å². The zero-order chi connectivity index (χ0) is 34.0. The summed E-state index contributed by atoms with van der Waals surface area (Å²) in [6.07, 6.45) is 2.43. The molecule has 2 aliphatic rings. The van der Waals surface area contributed by atoms with Crippen LogP contribution in [-0.2, 0) is 35.1 Å². The van der Waals surface area contributed by atoms with Crippen molar-refractivity contribution in [2.75, 3.05) is 19.8 Å². The molecule has 4 atom stereocenters. The molecule has 4 rings (SSSR count). The Morgan fingerprint density at radius 2 is 1.68 bits per heavy atom. The first-order chi connectivity index (χ1) is 22.5. The van der Waals surface area contributed by atoms with Crippen LogP contribution in [0, 0.1) is 0 Å². The lowest BCUT2D eigenvalue weighted by Gasteiger charge is -2.36. The maximum atomic E-state index is 13.9. The van der Waals surface area contributed by atoms with Crippen LogP contribution in [0.2, 0.25) is 0 Å². The van der Waals surface area contributed by atoms with Crippen LogP contribution in [0.1, 0.15) is 68.3 Å². The largest absolute Gasteiger partial charge is 0.482 e. The van der Waals surface area contributed by atoms with Crippen molar-refractivity contribution < 1.29 is 43.3 Å². The summed E-state index contributed by atoms with van der Waals surface area (Å²) in [6.45, 7) is 3.27. The molecule has 0 radical (unpaired) electrons. The number of nitrogens with zero attached hydrogens (tertiary/aromatic N) is 1. The molecule has 4 N–H and O–H groups in total. The number of hydrogen-bond acceptors (Lipinski definition) is 8. The van der Waals surface area contributed by atoms with Crippen LogP contribution in [0.15, 0.2) is 54.6 Å². The summed E-state index contributed by atoms with van der Waals surface area (Å²) >= 11 is 0. The number of carboxylic acids is 1. The Morgan fingerprint density at radius 3 is 2.36 bits per heavy atom. The fourth-order valence-corrected chi connectivity index (χ4v) is 5.60. The van der Waals surface area contributed by atoms with Gasteiger partial charge in [0, 0.05) is 13.0 Å². The lowest BCUT2D eigenvalue weighted by Crippen LogP contribution is -2.65. The molecule has 2 heterocycles. The molecule has 0 spiro atoms. The number of unbranched alkanes of at least 4 members (excludes halogenated alkanes) is 1. The molecule has 2 aliphatic heterocycles. The second-order valence-electron chi connectivity index (χ2n) is 12.0. The van der Waals surface area contributed by atoms with Crippen molar-refractivity contribution in [1.82, 2.24) is 20.9 Å². The molecule has 2 aromatic rings. The van der Waals surface area contributed by atoms with Gasteiger partial charge in [0.25, 0.3) is 0 Å². The van der Waals surface area contributed by atoms with Crippen LogP contribution in [0.5, 0.6) is 5.75 Å². The van der Waals surface area contributed by atoms with Crippen LogP contribution in [0.4, 0.5) is 0 Å². The number of fused-ring (bicyclic) bond motifs is 1. The SMILES string of the molecule is CC[C@]1(C)NC(=O)[C@H](CCCCOC(=O)c2ccccc2)NC(=O)[C@H]2CCCN2C(=O)[C@H](Cc2ccc(OCC(=O)O)cc2)NC1=O. The fourth-order valence-electron chi connectivity index (χ4n) is 5.60. The average molecular weight is 651 g/mol. The third-order valence-corrected chi connectivity index (χ3v) is 8.54. The highest BCUT2D eigenvalue weighted by atomic mass is 16.5. The first-order valence-corrected chi connectivity index (χ1v) is 15.9. The van der Waals surface area contributed by atoms with Gasteiger partial charge >= 0.3 is 11.9 Å². The Kier molecular flexibility index (Phi) is 11.9. The van der Waals surface area contributed by atoms with E-state index in [0.717, 1.165) is 0 Å². The fraction of sp³-hybridized carbons (Fsp3) is 0.471. The normalized spacial score (nSPS) is 23.4. The van der Waals surface area contributed by atoms with Gasteiger partial charge in [0.05, 0.1) is 12.2 Å². The minimum Gasteiger partial charge on any atom is -0.482 e. The number of carbonyl (C=O) groups excluding carboxylic acids is 5. The third kappa shape index (κ3) is 9.30. The highest BCUT2D eigenvalue weighted by Gasteiger charge is 2.43. The number of carbonyl (C=O) groups is 6. The predicted octanol–water partition coefficient (Wildman–Crippen LogP) is 1.98. The van der Waals surface area contributed by atoms with Crippen molar-refractivity contribution in [3.05, 3.63) is 65.7 Å². The Bertz CT molecular complexity index is 1450. The van der Waals surface area contributed by atoms with Crippen molar-refractivity contribution in [2.45, 2.75) is 82.5 Å². The number of esters is 1. The van der Waals surface area contributed by atoms with Gasteiger partial charge in [-0.2, -0.15) is 0 Å². The predicted molar refractivity (Wildman–Crippen MR) is 169 cm³/mol. The van der Waals surface area contributed by atoms with E-state index in [1.54, 1.807) is 68.4 Å². The number of hydrogen-bond donors (Lipinski definition) is 4. The second-order valence-corrected chi connectivity index (χ2v) is 12.0. The molecule has 2 fully saturated rings. The van der Waals surface area contributed by atoms with E-state index < -0.39 is 65.8 Å². The van der Waals surface area contributed by atoms with E-state index in [-0.39, 0.29) is 25.9 Å². The smallest absolute Gasteiger partial charge is 0.341 e. The van der Waals surface area contributed by atoms with E-state index in [1.165, 1.54) is 4.90 Å². The Hall–Kier alpha value is -4.94. The summed E-state index contributed by atoms with van der Waals surface area (Å²) in [5.74, 6) is -3.14. The molecule has 0 aliphatic carbocycles. The number of carboxylic acid groups (broad SMARTS) is 1. The summed E-state index contributed by atoms with van der Waals surface area (Å²) in [7, 11) is 0. The molecule has 0 saturated carbocycles. The molecule has 2 saturated heterocycles. The van der Waals surface area contributed by atoms with E-state index in [9.17, 15) is 28.8 Å². The molecular weight excluding hydrogens is 608 g/mol. The van der Waals surface area contributed by atoms with Gasteiger partial charge in [-0.3, -0.25) is 19.2 Å². The van der Waals surface area contributed by atoms with Gasteiger partial charge < -0.3 is 35.4 Å². The molecule has 4 amide bonds. The van der Waals surface area contributed by atoms with Gasteiger partial charge in [0.2, 0.25) is 23.6 Å². The highest BCUT2D eigenvalue weighted by molar-refractivity contribution is 5.99. The van der Waals surface area contributed by atoms with Gasteiger partial charge in [-0.15, -0.1) is 0 Å². The number of aliphatic carboxylic acids is 1. The molecule has 13 heteroatoms. The van der Waals surface area contributed by atoms with Crippen LogP contribution in [-0.4, -0.2) is 89.0 Å². The Balaban J connectivity index is 1.47. The van der Waals surface area contributed by atoms with Crippen molar-refractivity contribution in [1.29, 1.82) is 0 Å². The van der Waals surface area contributed by atoms with E-state index in [4.69, 9.17) is 14.6 Å². The molecule has 252 valence electrons. The Morgan fingerprint density at radius 1 is 0.957 bits per heavy atom. The highest BCUT2D eigenvalue weighted by Crippen LogP contribution is 2.23. The maximum absolute atomic E-state index is 13.9. The molecule has 0 bridgehead atoms. The summed E-state index contributed by atoms with van der Waals surface area (Å²) in [5.41, 5.74) is -0.272. The quantitative estimate of drug-likeness (QED) is 0.197. The minimum atomic E-state index is -1.39. The van der Waals surface area contributed by atoms with E-state index in [1.807, 2.05) is 0 Å². The first-order valence-electron chi connectivity index (χ1n) is 15.9. The molecule has 13 nitrogen and oxygen atoms in total. The Labute approximate surface area is 273 Å². The van der Waals surface area contributed by atoms with Crippen molar-refractivity contribution in [3.8, 4) is 5.75 Å². The topological polar surface area (TPSA) is 180 Å². The maximum Gasteiger partial charge on any atom is 0.341 e. The van der Waals surface area contributed by atoms with Gasteiger partial charge in [-0.05, 0) is 75.3 Å². The number of ether oxygens (including phenoxy) is 2. The number of benzene rings is 2. The molecular formula is C34H42N4O9. The summed E-state index contributed by atoms with van der Waals surface area (Å²) < 4.78 is 10.5. The monoisotopic (exact) mass is 650 g/mol. The summed E-state index contributed by atoms with van der Waals surface area (Å²) in [4.78, 5) is 79.3. The lowest BCUT2D eigenvalue weighted by atomic mass is 9.94. The lowest BCUT2D eigenvalue weighted by molar-refractivity contribution is -0.144. The summed E-state index contributed by atoms with van der Waals surface area (Å²) in [5, 5.41) is 17.3. The van der Waals surface area contributed by atoms with Gasteiger partial charge in [0.15, 0.2) is 6.61 Å². The molecule has 0 aromatic heterocycles.